The molecule has 0 spiro atoms. The lowest BCUT2D eigenvalue weighted by molar-refractivity contribution is 0.104. The van der Waals surface area contributed by atoms with Crippen LogP contribution in [0, 0.1) is 25.5 Å². The van der Waals surface area contributed by atoms with E-state index in [0.717, 1.165) is 23.9 Å². The van der Waals surface area contributed by atoms with Gasteiger partial charge >= 0.3 is 0 Å². The Morgan fingerprint density at radius 3 is 2.60 bits per heavy atom. The summed E-state index contributed by atoms with van der Waals surface area (Å²) in [4.78, 5) is 12.1. The van der Waals surface area contributed by atoms with Crippen molar-refractivity contribution in [2.24, 2.45) is 7.05 Å². The van der Waals surface area contributed by atoms with Gasteiger partial charge in [0.2, 0.25) is 0 Å². The molecule has 1 aromatic heterocycles. The SMILES string of the molecule is Cc1nn(C)c(C)c1C(=O)C=Cc1cc(F)ccc1F. The summed E-state index contributed by atoms with van der Waals surface area (Å²) in [6, 6.07) is 3.10. The number of benzene rings is 1. The Labute approximate surface area is 115 Å². The summed E-state index contributed by atoms with van der Waals surface area (Å²) >= 11 is 0. The molecule has 20 heavy (non-hydrogen) atoms. The standard InChI is InChI=1S/C15H14F2N2O/c1-9-15(10(2)19(3)18-9)14(20)7-4-11-8-12(16)5-6-13(11)17/h4-8H,1-3H3. The zero-order valence-corrected chi connectivity index (χ0v) is 11.4. The highest BCUT2D eigenvalue weighted by Crippen LogP contribution is 2.15. The molecule has 5 heteroatoms. The molecule has 1 heterocycles. The Kier molecular flexibility index (Phi) is 3.79. The first-order valence-corrected chi connectivity index (χ1v) is 6.08. The molecule has 0 aliphatic rings. The second-order valence-electron chi connectivity index (χ2n) is 4.53. The van der Waals surface area contributed by atoms with Crippen molar-refractivity contribution in [1.29, 1.82) is 0 Å². The number of aromatic nitrogens is 2. The van der Waals surface area contributed by atoms with E-state index in [4.69, 9.17) is 0 Å². The number of nitrogens with zero attached hydrogens (tertiary/aromatic N) is 2. The second-order valence-corrected chi connectivity index (χ2v) is 4.53. The molecule has 0 bridgehead atoms. The monoisotopic (exact) mass is 276 g/mol. The smallest absolute Gasteiger partial charge is 0.189 e. The third kappa shape index (κ3) is 2.66. The Morgan fingerprint density at radius 2 is 2.00 bits per heavy atom. The van der Waals surface area contributed by atoms with Gasteiger partial charge in [0.15, 0.2) is 5.78 Å². The van der Waals surface area contributed by atoms with E-state index in [2.05, 4.69) is 5.10 Å². The molecule has 0 aliphatic carbocycles. The molecule has 3 nitrogen and oxygen atoms in total. The van der Waals surface area contributed by atoms with Crippen molar-refractivity contribution in [3.63, 3.8) is 0 Å². The topological polar surface area (TPSA) is 34.9 Å². The van der Waals surface area contributed by atoms with Crippen molar-refractivity contribution in [2.45, 2.75) is 13.8 Å². The second kappa shape index (κ2) is 5.36. The van der Waals surface area contributed by atoms with Crippen LogP contribution in [-0.2, 0) is 7.05 Å². The van der Waals surface area contributed by atoms with Crippen LogP contribution < -0.4 is 0 Å². The molecule has 0 N–H and O–H groups in total. The number of hydrogen-bond donors (Lipinski definition) is 0. The summed E-state index contributed by atoms with van der Waals surface area (Å²) in [5, 5.41) is 4.15. The zero-order valence-electron chi connectivity index (χ0n) is 11.4. The van der Waals surface area contributed by atoms with E-state index in [1.54, 1.807) is 25.6 Å². The van der Waals surface area contributed by atoms with Gasteiger partial charge in [-0.25, -0.2) is 8.78 Å². The minimum absolute atomic E-state index is 0.0394. The highest BCUT2D eigenvalue weighted by atomic mass is 19.1. The summed E-state index contributed by atoms with van der Waals surface area (Å²) < 4.78 is 28.1. The maximum Gasteiger partial charge on any atom is 0.189 e. The molecule has 2 rings (SSSR count). The molecule has 0 fully saturated rings. The largest absolute Gasteiger partial charge is 0.289 e. The van der Waals surface area contributed by atoms with Crippen LogP contribution in [0.25, 0.3) is 6.08 Å². The van der Waals surface area contributed by atoms with Gasteiger partial charge in [-0.2, -0.15) is 5.10 Å². The lowest BCUT2D eigenvalue weighted by Gasteiger charge is -1.98. The normalized spacial score (nSPS) is 11.2. The fourth-order valence-electron chi connectivity index (χ4n) is 2.02. The predicted octanol–water partition coefficient (Wildman–Crippen LogP) is 3.21. The first-order valence-electron chi connectivity index (χ1n) is 6.08. The lowest BCUT2D eigenvalue weighted by Crippen LogP contribution is -1.99. The van der Waals surface area contributed by atoms with Gasteiger partial charge in [-0.05, 0) is 44.2 Å². The van der Waals surface area contributed by atoms with Crippen molar-refractivity contribution in [3.8, 4) is 0 Å². The van der Waals surface area contributed by atoms with Gasteiger partial charge in [-0.1, -0.05) is 0 Å². The molecular formula is C15H14F2N2O. The van der Waals surface area contributed by atoms with Gasteiger partial charge in [0.05, 0.1) is 11.3 Å². The molecule has 0 unspecified atom stereocenters. The number of rotatable bonds is 3. The maximum atomic E-state index is 13.4. The first kappa shape index (κ1) is 14.1. The molecule has 0 saturated carbocycles. The quantitative estimate of drug-likeness (QED) is 0.637. The number of allylic oxidation sites excluding steroid dienone is 1. The van der Waals surface area contributed by atoms with E-state index in [9.17, 15) is 13.6 Å². The van der Waals surface area contributed by atoms with Crippen molar-refractivity contribution < 1.29 is 13.6 Å². The van der Waals surface area contributed by atoms with E-state index in [1.807, 2.05) is 0 Å². The van der Waals surface area contributed by atoms with Crippen LogP contribution in [-0.4, -0.2) is 15.6 Å². The van der Waals surface area contributed by atoms with E-state index in [-0.39, 0.29) is 11.3 Å². The summed E-state index contributed by atoms with van der Waals surface area (Å²) in [6.45, 7) is 3.51. The molecule has 0 amide bonds. The Balaban J connectivity index is 2.32. The van der Waals surface area contributed by atoms with Crippen LogP contribution in [0.2, 0.25) is 0 Å². The average molecular weight is 276 g/mol. The van der Waals surface area contributed by atoms with Crippen LogP contribution in [0.15, 0.2) is 24.3 Å². The summed E-state index contributed by atoms with van der Waals surface area (Å²) in [7, 11) is 1.75. The summed E-state index contributed by atoms with van der Waals surface area (Å²) in [5.41, 5.74) is 1.87. The van der Waals surface area contributed by atoms with Crippen molar-refractivity contribution in [2.75, 3.05) is 0 Å². The van der Waals surface area contributed by atoms with Gasteiger partial charge in [-0.15, -0.1) is 0 Å². The molecule has 2 aromatic rings. The maximum absolute atomic E-state index is 13.4. The third-order valence-electron chi connectivity index (χ3n) is 3.13. The van der Waals surface area contributed by atoms with E-state index in [1.165, 1.54) is 12.2 Å². The molecule has 1 aromatic carbocycles. The summed E-state index contributed by atoms with van der Waals surface area (Å²) in [6.07, 6.45) is 2.50. The van der Waals surface area contributed by atoms with E-state index in [0.29, 0.717) is 11.3 Å². The number of aryl methyl sites for hydroxylation is 2. The van der Waals surface area contributed by atoms with Crippen molar-refractivity contribution in [1.82, 2.24) is 9.78 Å². The van der Waals surface area contributed by atoms with Crippen LogP contribution >= 0.6 is 0 Å². The fourth-order valence-corrected chi connectivity index (χ4v) is 2.02. The Bertz CT molecular complexity index is 702. The van der Waals surface area contributed by atoms with Crippen LogP contribution in [0.1, 0.15) is 27.3 Å². The van der Waals surface area contributed by atoms with Crippen molar-refractivity contribution in [3.05, 3.63) is 58.4 Å². The molecule has 0 atom stereocenters. The van der Waals surface area contributed by atoms with Crippen LogP contribution in [0.5, 0.6) is 0 Å². The van der Waals surface area contributed by atoms with Gasteiger partial charge in [0, 0.05) is 18.3 Å². The average Bonchev–Trinajstić information content (AvgIpc) is 2.64. The van der Waals surface area contributed by atoms with E-state index < -0.39 is 11.6 Å². The number of hydrogen-bond acceptors (Lipinski definition) is 2. The van der Waals surface area contributed by atoms with Crippen molar-refractivity contribution >= 4 is 11.9 Å². The molecule has 0 aliphatic heterocycles. The summed E-state index contributed by atoms with van der Waals surface area (Å²) in [5.74, 6) is -1.40. The molecular weight excluding hydrogens is 262 g/mol. The lowest BCUT2D eigenvalue weighted by atomic mass is 10.1. The molecule has 0 radical (unpaired) electrons. The number of carbonyl (C=O) groups is 1. The first-order chi connectivity index (χ1) is 9.40. The Hall–Kier alpha value is -2.30. The third-order valence-corrected chi connectivity index (χ3v) is 3.13. The van der Waals surface area contributed by atoms with Crippen LogP contribution in [0.4, 0.5) is 8.78 Å². The minimum Gasteiger partial charge on any atom is -0.289 e. The number of carbonyl (C=O) groups excluding carboxylic acids is 1. The minimum atomic E-state index is -0.574. The van der Waals surface area contributed by atoms with Gasteiger partial charge in [-0.3, -0.25) is 9.48 Å². The van der Waals surface area contributed by atoms with Gasteiger partial charge in [0.25, 0.3) is 0 Å². The van der Waals surface area contributed by atoms with Gasteiger partial charge < -0.3 is 0 Å². The fraction of sp³-hybridized carbons (Fsp3) is 0.200. The van der Waals surface area contributed by atoms with E-state index >= 15 is 0 Å². The van der Waals surface area contributed by atoms with Gasteiger partial charge in [0.1, 0.15) is 11.6 Å². The highest BCUT2D eigenvalue weighted by Gasteiger charge is 2.15. The molecule has 0 saturated heterocycles. The Morgan fingerprint density at radius 1 is 1.30 bits per heavy atom. The van der Waals surface area contributed by atoms with Crippen LogP contribution in [0.3, 0.4) is 0 Å². The molecule has 104 valence electrons. The zero-order chi connectivity index (χ0) is 14.9. The highest BCUT2D eigenvalue weighted by molar-refractivity contribution is 6.08. The number of halogens is 2. The predicted molar refractivity (Wildman–Crippen MR) is 72.4 cm³/mol. The number of ketones is 1.